The summed E-state index contributed by atoms with van der Waals surface area (Å²) in [5, 5.41) is 9.26. The summed E-state index contributed by atoms with van der Waals surface area (Å²) in [6.45, 7) is 4.33. The van der Waals surface area contributed by atoms with Gasteiger partial charge in [-0.05, 0) is 19.1 Å². The molecule has 15 heavy (non-hydrogen) atoms. The van der Waals surface area contributed by atoms with Crippen molar-refractivity contribution >= 4 is 11.6 Å². The van der Waals surface area contributed by atoms with Crippen LogP contribution in [-0.4, -0.2) is 35.9 Å². The van der Waals surface area contributed by atoms with Gasteiger partial charge in [-0.1, -0.05) is 0 Å². The monoisotopic (exact) mass is 209 g/mol. The Hall–Kier alpha value is -1.49. The zero-order chi connectivity index (χ0) is 10.8. The first kappa shape index (κ1) is 10.0. The molecule has 0 bridgehead atoms. The average Bonchev–Trinajstić information content (AvgIpc) is 2.22. The highest BCUT2D eigenvalue weighted by Gasteiger charge is 2.18. The highest BCUT2D eigenvalue weighted by atomic mass is 16.5. The van der Waals surface area contributed by atoms with Gasteiger partial charge in [0.25, 0.3) is 0 Å². The third kappa shape index (κ3) is 2.12. The van der Waals surface area contributed by atoms with E-state index in [0.29, 0.717) is 6.61 Å². The van der Waals surface area contributed by atoms with Gasteiger partial charge in [0.1, 0.15) is 5.82 Å². The lowest BCUT2D eigenvalue weighted by atomic mass is 10.3. The van der Waals surface area contributed by atoms with Crippen molar-refractivity contribution in [3.63, 3.8) is 0 Å². The number of nitrogen functional groups attached to an aromatic ring is 1. The maximum atomic E-state index is 9.26. The molecule has 0 amide bonds. The Morgan fingerprint density at radius 1 is 1.60 bits per heavy atom. The zero-order valence-corrected chi connectivity index (χ0v) is 8.68. The molecule has 0 radical (unpaired) electrons. The molecule has 1 aromatic heterocycles. The topological polar surface area (TPSA) is 71.6 Å². The van der Waals surface area contributed by atoms with Gasteiger partial charge in [0, 0.05) is 13.1 Å². The lowest BCUT2D eigenvalue weighted by Crippen LogP contribution is -2.41. The SMILES string of the molecule is C[C@H]1CN(c2ccc(O)c(N)n2)CCO1. The van der Waals surface area contributed by atoms with Crippen molar-refractivity contribution in [2.75, 3.05) is 30.3 Å². The minimum absolute atomic E-state index is 0.0278. The molecule has 0 aliphatic carbocycles. The van der Waals surface area contributed by atoms with Crippen LogP contribution < -0.4 is 10.6 Å². The molecule has 1 fully saturated rings. The second-order valence-corrected chi connectivity index (χ2v) is 3.70. The molecular formula is C10H15N3O2. The van der Waals surface area contributed by atoms with Crippen molar-refractivity contribution in [3.05, 3.63) is 12.1 Å². The van der Waals surface area contributed by atoms with Gasteiger partial charge < -0.3 is 20.5 Å². The number of ether oxygens (including phenoxy) is 1. The van der Waals surface area contributed by atoms with Gasteiger partial charge in [-0.3, -0.25) is 0 Å². The molecule has 1 aliphatic rings. The van der Waals surface area contributed by atoms with Crippen LogP contribution in [0, 0.1) is 0 Å². The van der Waals surface area contributed by atoms with E-state index in [1.807, 2.05) is 6.92 Å². The molecule has 5 nitrogen and oxygen atoms in total. The average molecular weight is 209 g/mol. The van der Waals surface area contributed by atoms with Gasteiger partial charge in [-0.15, -0.1) is 0 Å². The smallest absolute Gasteiger partial charge is 0.168 e. The van der Waals surface area contributed by atoms with Crippen LogP contribution in [0.25, 0.3) is 0 Å². The van der Waals surface area contributed by atoms with Crippen molar-refractivity contribution in [1.29, 1.82) is 0 Å². The van der Waals surface area contributed by atoms with Crippen molar-refractivity contribution in [2.45, 2.75) is 13.0 Å². The first-order valence-electron chi connectivity index (χ1n) is 4.99. The molecule has 82 valence electrons. The second kappa shape index (κ2) is 3.94. The molecule has 2 rings (SSSR count). The normalized spacial score (nSPS) is 21.7. The number of pyridine rings is 1. The molecular weight excluding hydrogens is 194 g/mol. The first-order valence-corrected chi connectivity index (χ1v) is 4.99. The first-order chi connectivity index (χ1) is 7.16. The molecule has 5 heteroatoms. The van der Waals surface area contributed by atoms with E-state index in [1.54, 1.807) is 12.1 Å². The van der Waals surface area contributed by atoms with Gasteiger partial charge in [0.2, 0.25) is 0 Å². The fourth-order valence-electron chi connectivity index (χ4n) is 1.66. The fraction of sp³-hybridized carbons (Fsp3) is 0.500. The number of anilines is 2. The van der Waals surface area contributed by atoms with E-state index < -0.39 is 0 Å². The highest BCUT2D eigenvalue weighted by Crippen LogP contribution is 2.22. The van der Waals surface area contributed by atoms with Crippen LogP contribution in [0.1, 0.15) is 6.92 Å². The van der Waals surface area contributed by atoms with Gasteiger partial charge >= 0.3 is 0 Å². The number of rotatable bonds is 1. The molecule has 1 saturated heterocycles. The van der Waals surface area contributed by atoms with E-state index in [2.05, 4.69) is 9.88 Å². The van der Waals surface area contributed by atoms with Crippen LogP contribution in [-0.2, 0) is 4.74 Å². The minimum atomic E-state index is 0.0278. The summed E-state index contributed by atoms with van der Waals surface area (Å²) in [4.78, 5) is 6.23. The third-order valence-electron chi connectivity index (χ3n) is 2.45. The maximum Gasteiger partial charge on any atom is 0.168 e. The Morgan fingerprint density at radius 2 is 2.40 bits per heavy atom. The second-order valence-electron chi connectivity index (χ2n) is 3.70. The number of nitrogens with two attached hydrogens (primary N) is 1. The van der Waals surface area contributed by atoms with Gasteiger partial charge in [0.15, 0.2) is 11.6 Å². The lowest BCUT2D eigenvalue weighted by Gasteiger charge is -2.32. The van der Waals surface area contributed by atoms with Crippen molar-refractivity contribution in [3.8, 4) is 5.75 Å². The van der Waals surface area contributed by atoms with E-state index >= 15 is 0 Å². The van der Waals surface area contributed by atoms with Crippen LogP contribution in [0.15, 0.2) is 12.1 Å². The Morgan fingerprint density at radius 3 is 3.07 bits per heavy atom. The standard InChI is InChI=1S/C10H15N3O2/c1-7-6-13(4-5-15-7)9-3-2-8(14)10(11)12-9/h2-3,7,14H,4-6H2,1H3,(H2,11,12)/t7-/m0/s1. The lowest BCUT2D eigenvalue weighted by molar-refractivity contribution is 0.0529. The van der Waals surface area contributed by atoms with E-state index in [1.165, 1.54) is 0 Å². The predicted molar refractivity (Wildman–Crippen MR) is 57.9 cm³/mol. The van der Waals surface area contributed by atoms with Gasteiger partial charge in [-0.25, -0.2) is 4.98 Å². The van der Waals surface area contributed by atoms with Crippen LogP contribution in [0.3, 0.4) is 0 Å². The summed E-state index contributed by atoms with van der Waals surface area (Å²) in [6.07, 6.45) is 0.204. The molecule has 0 unspecified atom stereocenters. The number of hydrogen-bond acceptors (Lipinski definition) is 5. The quantitative estimate of drug-likeness (QED) is 0.708. The van der Waals surface area contributed by atoms with E-state index in [9.17, 15) is 5.11 Å². The minimum Gasteiger partial charge on any atom is -0.504 e. The van der Waals surface area contributed by atoms with E-state index in [-0.39, 0.29) is 17.7 Å². The molecule has 2 heterocycles. The summed E-state index contributed by atoms with van der Waals surface area (Å²) in [7, 11) is 0. The Kier molecular flexibility index (Phi) is 2.64. The third-order valence-corrected chi connectivity index (χ3v) is 2.45. The van der Waals surface area contributed by atoms with E-state index in [0.717, 1.165) is 18.9 Å². The van der Waals surface area contributed by atoms with Crippen molar-refractivity contribution < 1.29 is 9.84 Å². The fourth-order valence-corrected chi connectivity index (χ4v) is 1.66. The molecule has 1 atom stereocenters. The molecule has 3 N–H and O–H groups in total. The summed E-state index contributed by atoms with van der Waals surface area (Å²) >= 11 is 0. The van der Waals surface area contributed by atoms with Gasteiger partial charge in [0.05, 0.1) is 12.7 Å². The number of aromatic nitrogens is 1. The maximum absolute atomic E-state index is 9.26. The molecule has 0 aromatic carbocycles. The van der Waals surface area contributed by atoms with Crippen LogP contribution in [0.2, 0.25) is 0 Å². The van der Waals surface area contributed by atoms with Crippen LogP contribution >= 0.6 is 0 Å². The number of hydrogen-bond donors (Lipinski definition) is 2. The number of aromatic hydroxyl groups is 1. The predicted octanol–water partition coefficient (Wildman–Crippen LogP) is 0.595. The number of morpholine rings is 1. The summed E-state index contributed by atoms with van der Waals surface area (Å²) < 4.78 is 5.43. The van der Waals surface area contributed by atoms with Crippen molar-refractivity contribution in [2.24, 2.45) is 0 Å². The number of nitrogens with zero attached hydrogens (tertiary/aromatic N) is 2. The van der Waals surface area contributed by atoms with E-state index in [4.69, 9.17) is 10.5 Å². The zero-order valence-electron chi connectivity index (χ0n) is 8.68. The van der Waals surface area contributed by atoms with Crippen molar-refractivity contribution in [1.82, 2.24) is 4.98 Å². The summed E-state index contributed by atoms with van der Waals surface area (Å²) in [5.41, 5.74) is 5.54. The summed E-state index contributed by atoms with van der Waals surface area (Å²) in [5.74, 6) is 0.993. The van der Waals surface area contributed by atoms with Crippen LogP contribution in [0.5, 0.6) is 5.75 Å². The Bertz CT molecular complexity index is 357. The molecule has 0 saturated carbocycles. The summed E-state index contributed by atoms with van der Waals surface area (Å²) in [6, 6.07) is 3.33. The van der Waals surface area contributed by atoms with Gasteiger partial charge in [-0.2, -0.15) is 0 Å². The highest BCUT2D eigenvalue weighted by molar-refractivity contribution is 5.53. The molecule has 1 aliphatic heterocycles. The Labute approximate surface area is 88.5 Å². The molecule has 0 spiro atoms. The van der Waals surface area contributed by atoms with Crippen LogP contribution in [0.4, 0.5) is 11.6 Å². The molecule has 1 aromatic rings. The largest absolute Gasteiger partial charge is 0.504 e. The Balaban J connectivity index is 2.18.